The first-order valence-electron chi connectivity index (χ1n) is 12.0. The molecule has 0 bridgehead atoms. The maximum atomic E-state index is 11.3. The number of nitrogens with one attached hydrogen (secondary N) is 1. The second-order valence-corrected chi connectivity index (χ2v) is 8.97. The number of aromatic nitrogens is 2. The van der Waals surface area contributed by atoms with Crippen LogP contribution in [0.1, 0.15) is 44.4 Å². The van der Waals surface area contributed by atoms with Crippen molar-refractivity contribution in [3.05, 3.63) is 149 Å². The maximum absolute atomic E-state index is 11.3. The van der Waals surface area contributed by atoms with E-state index in [2.05, 4.69) is 83.9 Å². The van der Waals surface area contributed by atoms with Crippen LogP contribution >= 0.6 is 0 Å². The van der Waals surface area contributed by atoms with E-state index >= 15 is 0 Å². The predicted molar refractivity (Wildman–Crippen MR) is 148 cm³/mol. The van der Waals surface area contributed by atoms with E-state index in [0.29, 0.717) is 5.56 Å². The van der Waals surface area contributed by atoms with Crippen molar-refractivity contribution in [1.82, 2.24) is 9.97 Å². The zero-order valence-corrected chi connectivity index (χ0v) is 19.6. The molecule has 1 N–H and O–H groups in total. The number of H-pyrrole nitrogens is 1. The molecule has 0 fully saturated rings. The van der Waals surface area contributed by atoms with Crippen LogP contribution in [0.5, 0.6) is 0 Å². The summed E-state index contributed by atoms with van der Waals surface area (Å²) in [5.74, 6) is 0.0328. The number of hydrogen-bond acceptors (Lipinski definition) is 2. The summed E-state index contributed by atoms with van der Waals surface area (Å²) in [6, 6.07) is 39.4. The SMILES string of the molecule is O=Cc1ccc2cc(C(c3ccccc3)c3cccc(/C=C/c4ccc5ccccc5n4)c3)[nH]c2c1. The summed E-state index contributed by atoms with van der Waals surface area (Å²) in [6.45, 7) is 0. The van der Waals surface area contributed by atoms with Crippen molar-refractivity contribution in [1.29, 1.82) is 0 Å². The molecule has 0 amide bonds. The summed E-state index contributed by atoms with van der Waals surface area (Å²) in [5.41, 5.74) is 8.17. The van der Waals surface area contributed by atoms with E-state index in [4.69, 9.17) is 4.98 Å². The van der Waals surface area contributed by atoms with Gasteiger partial charge in [-0.2, -0.15) is 0 Å². The Labute approximate surface area is 209 Å². The molecule has 0 saturated carbocycles. The van der Waals surface area contributed by atoms with Crippen LogP contribution in [0.15, 0.2) is 115 Å². The Morgan fingerprint density at radius 1 is 0.639 bits per heavy atom. The van der Waals surface area contributed by atoms with Crippen LogP contribution in [0, 0.1) is 0 Å². The van der Waals surface area contributed by atoms with Gasteiger partial charge >= 0.3 is 0 Å². The molecule has 2 aromatic heterocycles. The molecule has 172 valence electrons. The van der Waals surface area contributed by atoms with Crippen molar-refractivity contribution in [3.63, 3.8) is 0 Å². The number of carbonyl (C=O) groups is 1. The minimum Gasteiger partial charge on any atom is -0.358 e. The molecule has 6 aromatic rings. The Bertz CT molecular complexity index is 1710. The average Bonchev–Trinajstić information content (AvgIpc) is 3.35. The minimum atomic E-state index is 0.0328. The number of rotatable bonds is 6. The summed E-state index contributed by atoms with van der Waals surface area (Å²) in [7, 11) is 0. The van der Waals surface area contributed by atoms with Gasteiger partial charge in [0.15, 0.2) is 0 Å². The molecule has 0 aliphatic carbocycles. The fraction of sp³-hybridized carbons (Fsp3) is 0.0303. The standard InChI is InChI=1S/C33H24N2O/c36-22-24-13-15-27-21-32(35-31(27)20-24)33(26-9-2-1-3-10-26)28-11-6-7-23(19-28)14-17-29-18-16-25-8-4-5-12-30(25)34-29/h1-22,33,35H/b17-14+. The monoisotopic (exact) mass is 464 g/mol. The number of benzene rings is 4. The Morgan fingerprint density at radius 3 is 2.33 bits per heavy atom. The van der Waals surface area contributed by atoms with Gasteiger partial charge in [0.2, 0.25) is 0 Å². The lowest BCUT2D eigenvalue weighted by atomic mass is 9.87. The summed E-state index contributed by atoms with van der Waals surface area (Å²) >= 11 is 0. The van der Waals surface area contributed by atoms with Gasteiger partial charge in [0.05, 0.1) is 11.2 Å². The van der Waals surface area contributed by atoms with Crippen LogP contribution in [-0.2, 0) is 0 Å². The number of para-hydroxylation sites is 1. The molecule has 1 atom stereocenters. The molecule has 3 nitrogen and oxygen atoms in total. The summed E-state index contributed by atoms with van der Waals surface area (Å²) in [4.78, 5) is 19.6. The van der Waals surface area contributed by atoms with Crippen molar-refractivity contribution in [2.24, 2.45) is 0 Å². The molecular weight excluding hydrogens is 440 g/mol. The van der Waals surface area contributed by atoms with Gasteiger partial charge < -0.3 is 4.98 Å². The fourth-order valence-corrected chi connectivity index (χ4v) is 4.79. The van der Waals surface area contributed by atoms with Gasteiger partial charge in [0, 0.05) is 28.1 Å². The van der Waals surface area contributed by atoms with Gasteiger partial charge in [-0.05, 0) is 52.4 Å². The van der Waals surface area contributed by atoms with E-state index in [9.17, 15) is 4.79 Å². The van der Waals surface area contributed by atoms with E-state index in [1.165, 1.54) is 11.1 Å². The highest BCUT2D eigenvalue weighted by Crippen LogP contribution is 2.34. The molecule has 3 heteroatoms. The van der Waals surface area contributed by atoms with Gasteiger partial charge in [0.25, 0.3) is 0 Å². The lowest BCUT2D eigenvalue weighted by Gasteiger charge is -2.17. The van der Waals surface area contributed by atoms with Crippen LogP contribution < -0.4 is 0 Å². The number of hydrogen-bond donors (Lipinski definition) is 1. The molecule has 1 unspecified atom stereocenters. The number of fused-ring (bicyclic) bond motifs is 2. The lowest BCUT2D eigenvalue weighted by Crippen LogP contribution is -2.04. The molecule has 0 radical (unpaired) electrons. The second-order valence-electron chi connectivity index (χ2n) is 8.97. The molecule has 4 aromatic carbocycles. The van der Waals surface area contributed by atoms with Crippen molar-refractivity contribution in [2.75, 3.05) is 0 Å². The van der Waals surface area contributed by atoms with Crippen LogP contribution in [0.3, 0.4) is 0 Å². The van der Waals surface area contributed by atoms with Crippen molar-refractivity contribution >= 4 is 40.2 Å². The largest absolute Gasteiger partial charge is 0.358 e. The highest BCUT2D eigenvalue weighted by Gasteiger charge is 2.19. The first-order valence-corrected chi connectivity index (χ1v) is 12.0. The molecule has 0 spiro atoms. The Balaban J connectivity index is 1.39. The van der Waals surface area contributed by atoms with Gasteiger partial charge in [-0.3, -0.25) is 4.79 Å². The quantitative estimate of drug-likeness (QED) is 0.255. The molecule has 6 rings (SSSR count). The molecular formula is C33H24N2O. The zero-order chi connectivity index (χ0) is 24.3. The Morgan fingerprint density at radius 2 is 1.44 bits per heavy atom. The Hall–Kier alpha value is -4.76. The van der Waals surface area contributed by atoms with Crippen LogP contribution in [0.25, 0.3) is 34.0 Å². The zero-order valence-electron chi connectivity index (χ0n) is 19.6. The maximum Gasteiger partial charge on any atom is 0.150 e. The predicted octanol–water partition coefficient (Wildman–Crippen LogP) is 7.88. The van der Waals surface area contributed by atoms with Gasteiger partial charge in [-0.25, -0.2) is 4.98 Å². The third-order valence-corrected chi connectivity index (χ3v) is 6.56. The van der Waals surface area contributed by atoms with Gasteiger partial charge in [-0.15, -0.1) is 0 Å². The van der Waals surface area contributed by atoms with Gasteiger partial charge in [0.1, 0.15) is 6.29 Å². The van der Waals surface area contributed by atoms with E-state index in [1.54, 1.807) is 0 Å². The van der Waals surface area contributed by atoms with E-state index in [-0.39, 0.29) is 5.92 Å². The van der Waals surface area contributed by atoms with Crippen LogP contribution in [0.2, 0.25) is 0 Å². The molecule has 0 aliphatic heterocycles. The van der Waals surface area contributed by atoms with Crippen LogP contribution in [-0.4, -0.2) is 16.3 Å². The molecule has 2 heterocycles. The third kappa shape index (κ3) is 4.35. The topological polar surface area (TPSA) is 45.8 Å². The van der Waals surface area contributed by atoms with Crippen molar-refractivity contribution < 1.29 is 4.79 Å². The summed E-state index contributed by atoms with van der Waals surface area (Å²) in [6.07, 6.45) is 5.06. The highest BCUT2D eigenvalue weighted by molar-refractivity contribution is 5.88. The lowest BCUT2D eigenvalue weighted by molar-refractivity contribution is 0.112. The first-order chi connectivity index (χ1) is 17.8. The minimum absolute atomic E-state index is 0.0328. The van der Waals surface area contributed by atoms with E-state index < -0.39 is 0 Å². The summed E-state index contributed by atoms with van der Waals surface area (Å²) < 4.78 is 0. The Kier molecular flexibility index (Phi) is 5.72. The average molecular weight is 465 g/mol. The first kappa shape index (κ1) is 21.8. The number of nitrogens with zero attached hydrogens (tertiary/aromatic N) is 1. The van der Waals surface area contributed by atoms with E-state index in [1.807, 2.05) is 48.5 Å². The molecule has 0 aliphatic rings. The summed E-state index contributed by atoms with van der Waals surface area (Å²) in [5, 5.41) is 2.23. The number of aldehydes is 1. The van der Waals surface area contributed by atoms with Crippen molar-refractivity contribution in [2.45, 2.75) is 5.92 Å². The normalized spacial score (nSPS) is 12.3. The van der Waals surface area contributed by atoms with Crippen molar-refractivity contribution in [3.8, 4) is 0 Å². The third-order valence-electron chi connectivity index (χ3n) is 6.56. The smallest absolute Gasteiger partial charge is 0.150 e. The number of aromatic amines is 1. The molecule has 0 saturated heterocycles. The van der Waals surface area contributed by atoms with E-state index in [0.717, 1.165) is 45.0 Å². The second kappa shape index (κ2) is 9.47. The fourth-order valence-electron chi connectivity index (χ4n) is 4.79. The highest BCUT2D eigenvalue weighted by atomic mass is 16.1. The number of pyridine rings is 1. The number of carbonyl (C=O) groups excluding carboxylic acids is 1. The van der Waals surface area contributed by atoms with Crippen LogP contribution in [0.4, 0.5) is 0 Å². The molecule has 36 heavy (non-hydrogen) atoms. The van der Waals surface area contributed by atoms with Gasteiger partial charge in [-0.1, -0.05) is 97.1 Å².